The van der Waals surface area contributed by atoms with Crippen LogP contribution < -0.4 is 5.32 Å². The molecule has 0 saturated carbocycles. The van der Waals surface area contributed by atoms with Crippen LogP contribution in [0.4, 0.5) is 9.18 Å². The van der Waals surface area contributed by atoms with Crippen LogP contribution in [0.15, 0.2) is 18.2 Å². The summed E-state index contributed by atoms with van der Waals surface area (Å²) in [6.07, 6.45) is -0.851. The van der Waals surface area contributed by atoms with E-state index >= 15 is 0 Å². The van der Waals surface area contributed by atoms with Gasteiger partial charge in [0.1, 0.15) is 11.4 Å². The van der Waals surface area contributed by atoms with Crippen LogP contribution in [0.25, 0.3) is 0 Å². The number of alkyl carbamates (subject to hydrolysis) is 1. The molecule has 0 bridgehead atoms. The molecule has 0 aliphatic carbocycles. The second-order valence-corrected chi connectivity index (χ2v) is 7.78. The minimum absolute atomic E-state index is 0.133. The first-order valence-corrected chi connectivity index (χ1v) is 8.72. The Morgan fingerprint density at radius 1 is 1.39 bits per heavy atom. The molecule has 8 heteroatoms. The van der Waals surface area contributed by atoms with Crippen LogP contribution >= 0.6 is 0 Å². The lowest BCUT2D eigenvalue weighted by Gasteiger charge is -2.23. The van der Waals surface area contributed by atoms with E-state index in [4.69, 9.17) is 9.29 Å². The van der Waals surface area contributed by atoms with Gasteiger partial charge in [-0.25, -0.2) is 9.18 Å². The third kappa shape index (κ3) is 6.96. The number of hydrogen-bond donors (Lipinski definition) is 2. The molecule has 1 amide bonds. The number of halogens is 1. The van der Waals surface area contributed by atoms with Gasteiger partial charge in [-0.15, -0.1) is 0 Å². The quantitative estimate of drug-likeness (QED) is 0.799. The Labute approximate surface area is 135 Å². The predicted molar refractivity (Wildman–Crippen MR) is 84.3 cm³/mol. The number of nitrogens with one attached hydrogen (secondary N) is 1. The maximum atomic E-state index is 14.0. The topological polar surface area (TPSA) is 92.7 Å². The van der Waals surface area contributed by atoms with Crippen molar-refractivity contribution in [2.75, 3.05) is 5.75 Å². The van der Waals surface area contributed by atoms with E-state index in [2.05, 4.69) is 5.32 Å². The van der Waals surface area contributed by atoms with E-state index < -0.39 is 39.4 Å². The Hall–Kier alpha value is -1.67. The lowest BCUT2D eigenvalue weighted by atomic mass is 9.99. The minimum atomic E-state index is -4.21. The molecule has 6 nitrogen and oxygen atoms in total. The number of carbonyl (C=O) groups excluding carboxylic acids is 1. The fourth-order valence-corrected chi connectivity index (χ4v) is 2.50. The van der Waals surface area contributed by atoms with Gasteiger partial charge in [0.25, 0.3) is 10.1 Å². The molecule has 1 atom stereocenters. The van der Waals surface area contributed by atoms with E-state index in [0.29, 0.717) is 5.56 Å². The van der Waals surface area contributed by atoms with E-state index in [1.165, 1.54) is 12.1 Å². The molecule has 0 radical (unpaired) electrons. The predicted octanol–water partition coefficient (Wildman–Crippen LogP) is 2.84. The molecule has 130 valence electrons. The van der Waals surface area contributed by atoms with Crippen LogP contribution in [0.5, 0.6) is 0 Å². The van der Waals surface area contributed by atoms with E-state index in [0.717, 1.165) is 0 Å². The SMILES string of the molecule is C[C@@H](NC(=O)OC(C)(C)C)c1cccc(F)c1CCS(=O)(=O)O. The summed E-state index contributed by atoms with van der Waals surface area (Å²) in [6, 6.07) is 3.67. The van der Waals surface area contributed by atoms with E-state index in [1.54, 1.807) is 33.8 Å². The van der Waals surface area contributed by atoms with Crippen molar-refractivity contribution in [3.63, 3.8) is 0 Å². The zero-order valence-electron chi connectivity index (χ0n) is 13.6. The monoisotopic (exact) mass is 347 g/mol. The third-order valence-corrected chi connectivity index (χ3v) is 3.68. The molecular formula is C15H22FNO5S. The van der Waals surface area contributed by atoms with Gasteiger partial charge in [0.15, 0.2) is 0 Å². The van der Waals surface area contributed by atoms with Gasteiger partial charge in [-0.1, -0.05) is 12.1 Å². The molecule has 0 aromatic heterocycles. The Morgan fingerprint density at radius 3 is 2.52 bits per heavy atom. The van der Waals surface area contributed by atoms with Crippen LogP contribution in [0.3, 0.4) is 0 Å². The smallest absolute Gasteiger partial charge is 0.408 e. The Kier molecular flexibility index (Phi) is 6.12. The van der Waals surface area contributed by atoms with Crippen LogP contribution in [0.2, 0.25) is 0 Å². The van der Waals surface area contributed by atoms with Crippen molar-refractivity contribution in [1.82, 2.24) is 5.32 Å². The average Bonchev–Trinajstić information content (AvgIpc) is 2.33. The Bertz CT molecular complexity index is 667. The Morgan fingerprint density at radius 2 is 2.00 bits per heavy atom. The van der Waals surface area contributed by atoms with Gasteiger partial charge in [-0.3, -0.25) is 4.55 Å². The van der Waals surface area contributed by atoms with Crippen LogP contribution in [-0.2, 0) is 21.3 Å². The van der Waals surface area contributed by atoms with Gasteiger partial charge in [0.05, 0.1) is 11.8 Å². The van der Waals surface area contributed by atoms with Gasteiger partial charge < -0.3 is 10.1 Å². The van der Waals surface area contributed by atoms with Crippen molar-refractivity contribution < 1.29 is 26.9 Å². The third-order valence-electron chi connectivity index (χ3n) is 2.96. The van der Waals surface area contributed by atoms with Crippen LogP contribution in [-0.4, -0.2) is 30.4 Å². The molecule has 0 heterocycles. The van der Waals surface area contributed by atoms with E-state index in [9.17, 15) is 17.6 Å². The molecule has 0 unspecified atom stereocenters. The highest BCUT2D eigenvalue weighted by atomic mass is 32.2. The van der Waals surface area contributed by atoms with Crippen molar-refractivity contribution in [2.45, 2.75) is 45.8 Å². The summed E-state index contributed by atoms with van der Waals surface area (Å²) in [6.45, 7) is 6.79. The summed E-state index contributed by atoms with van der Waals surface area (Å²) in [5.74, 6) is -1.19. The second kappa shape index (κ2) is 7.27. The lowest BCUT2D eigenvalue weighted by molar-refractivity contribution is 0.0507. The fraction of sp³-hybridized carbons (Fsp3) is 0.533. The summed E-state index contributed by atoms with van der Waals surface area (Å²) in [5, 5.41) is 2.58. The van der Waals surface area contributed by atoms with Crippen molar-refractivity contribution in [2.24, 2.45) is 0 Å². The highest BCUT2D eigenvalue weighted by Gasteiger charge is 2.21. The number of hydrogen-bond acceptors (Lipinski definition) is 4. The number of ether oxygens (including phenoxy) is 1. The van der Waals surface area contributed by atoms with Gasteiger partial charge in [0.2, 0.25) is 0 Å². The minimum Gasteiger partial charge on any atom is -0.444 e. The zero-order chi connectivity index (χ0) is 17.8. The van der Waals surface area contributed by atoms with Crippen molar-refractivity contribution >= 4 is 16.2 Å². The zero-order valence-corrected chi connectivity index (χ0v) is 14.4. The normalized spacial score (nSPS) is 13.5. The first-order chi connectivity index (χ1) is 10.4. The van der Waals surface area contributed by atoms with Gasteiger partial charge in [0, 0.05) is 0 Å². The van der Waals surface area contributed by atoms with E-state index in [-0.39, 0.29) is 12.0 Å². The largest absolute Gasteiger partial charge is 0.444 e. The van der Waals surface area contributed by atoms with Crippen molar-refractivity contribution in [1.29, 1.82) is 0 Å². The van der Waals surface area contributed by atoms with Crippen LogP contribution in [0, 0.1) is 5.82 Å². The summed E-state index contributed by atoms with van der Waals surface area (Å²) in [5.41, 5.74) is -0.104. The summed E-state index contributed by atoms with van der Waals surface area (Å²) in [4.78, 5) is 11.8. The van der Waals surface area contributed by atoms with Crippen molar-refractivity contribution in [3.8, 4) is 0 Å². The maximum Gasteiger partial charge on any atom is 0.408 e. The summed E-state index contributed by atoms with van der Waals surface area (Å²) >= 11 is 0. The van der Waals surface area contributed by atoms with Crippen LogP contribution in [0.1, 0.15) is 44.9 Å². The molecule has 1 aromatic carbocycles. The highest BCUT2D eigenvalue weighted by Crippen LogP contribution is 2.22. The van der Waals surface area contributed by atoms with Gasteiger partial charge >= 0.3 is 6.09 Å². The molecule has 0 saturated heterocycles. The first-order valence-electron chi connectivity index (χ1n) is 7.11. The lowest BCUT2D eigenvalue weighted by Crippen LogP contribution is -2.34. The summed E-state index contributed by atoms with van der Waals surface area (Å²) < 4.78 is 49.7. The summed E-state index contributed by atoms with van der Waals surface area (Å²) in [7, 11) is -4.21. The molecule has 23 heavy (non-hydrogen) atoms. The fourth-order valence-electron chi connectivity index (χ4n) is 2.04. The maximum absolute atomic E-state index is 14.0. The molecule has 0 fully saturated rings. The first kappa shape index (κ1) is 19.4. The molecule has 0 aliphatic rings. The molecule has 1 rings (SSSR count). The average molecular weight is 347 g/mol. The number of rotatable bonds is 5. The Balaban J connectivity index is 2.94. The number of benzene rings is 1. The van der Waals surface area contributed by atoms with E-state index in [1.807, 2.05) is 0 Å². The molecule has 0 aliphatic heterocycles. The molecule has 1 aromatic rings. The molecule has 0 spiro atoms. The standard InChI is InChI=1S/C15H22FNO5S/c1-10(17-14(18)22-15(2,3)4)11-6-5-7-13(16)12(11)8-9-23(19,20)21/h5-7,10H,8-9H2,1-4H3,(H,17,18)(H,19,20,21)/t10-/m1/s1. The van der Waals surface area contributed by atoms with Gasteiger partial charge in [-0.05, 0) is 51.3 Å². The molecular weight excluding hydrogens is 325 g/mol. The second-order valence-electron chi connectivity index (χ2n) is 6.21. The molecule has 2 N–H and O–H groups in total. The number of amides is 1. The highest BCUT2D eigenvalue weighted by molar-refractivity contribution is 7.85. The number of carbonyl (C=O) groups is 1. The van der Waals surface area contributed by atoms with Gasteiger partial charge in [-0.2, -0.15) is 8.42 Å². The van der Waals surface area contributed by atoms with Crippen molar-refractivity contribution in [3.05, 3.63) is 35.1 Å².